The van der Waals surface area contributed by atoms with Gasteiger partial charge in [-0.1, -0.05) is 18.1 Å². The summed E-state index contributed by atoms with van der Waals surface area (Å²) in [7, 11) is 0. The summed E-state index contributed by atoms with van der Waals surface area (Å²) < 4.78 is 0. The molecular formula is C13H20N4O2. The first kappa shape index (κ1) is 14.9. The topological polar surface area (TPSA) is 91.8 Å². The molecule has 0 radical (unpaired) electrons. The molecule has 0 aliphatic heterocycles. The molecule has 0 spiro atoms. The van der Waals surface area contributed by atoms with Crippen LogP contribution in [-0.2, 0) is 11.3 Å². The van der Waals surface area contributed by atoms with Crippen molar-refractivity contribution in [1.29, 1.82) is 0 Å². The standard InChI is InChI=1S/C13H20N4O2/c1-2-4-13(18)17(8-6-12(14)16-19)10-11-5-3-7-15-9-11/h3,5,7,9,19H,2,4,6,8,10H2,1H3,(H2,14,16). The third-order valence-electron chi connectivity index (χ3n) is 2.68. The fourth-order valence-corrected chi connectivity index (χ4v) is 1.68. The lowest BCUT2D eigenvalue weighted by molar-refractivity contribution is -0.131. The number of nitrogens with two attached hydrogens (primary N) is 1. The summed E-state index contributed by atoms with van der Waals surface area (Å²) >= 11 is 0. The molecule has 19 heavy (non-hydrogen) atoms. The number of nitrogens with zero attached hydrogens (tertiary/aromatic N) is 3. The quantitative estimate of drug-likeness (QED) is 0.336. The molecule has 1 aromatic rings. The molecule has 1 amide bonds. The van der Waals surface area contributed by atoms with Gasteiger partial charge in [-0.3, -0.25) is 9.78 Å². The zero-order valence-electron chi connectivity index (χ0n) is 11.1. The molecule has 6 nitrogen and oxygen atoms in total. The Hall–Kier alpha value is -2.11. The second-order valence-electron chi connectivity index (χ2n) is 4.27. The van der Waals surface area contributed by atoms with Gasteiger partial charge in [-0.2, -0.15) is 0 Å². The summed E-state index contributed by atoms with van der Waals surface area (Å²) in [6, 6.07) is 3.75. The number of carbonyl (C=O) groups is 1. The summed E-state index contributed by atoms with van der Waals surface area (Å²) in [6.45, 7) is 2.89. The molecule has 1 heterocycles. The van der Waals surface area contributed by atoms with Gasteiger partial charge < -0.3 is 15.8 Å². The van der Waals surface area contributed by atoms with E-state index in [4.69, 9.17) is 10.9 Å². The minimum atomic E-state index is 0.0668. The van der Waals surface area contributed by atoms with E-state index in [1.807, 2.05) is 19.1 Å². The van der Waals surface area contributed by atoms with E-state index in [-0.39, 0.29) is 11.7 Å². The van der Waals surface area contributed by atoms with Crippen LogP contribution < -0.4 is 5.73 Å². The molecular weight excluding hydrogens is 244 g/mol. The van der Waals surface area contributed by atoms with Crippen LogP contribution in [0.5, 0.6) is 0 Å². The molecule has 3 N–H and O–H groups in total. The Morgan fingerprint density at radius 3 is 2.89 bits per heavy atom. The van der Waals surface area contributed by atoms with Crippen LogP contribution in [0, 0.1) is 0 Å². The minimum Gasteiger partial charge on any atom is -0.409 e. The number of pyridine rings is 1. The molecule has 0 aromatic carbocycles. The van der Waals surface area contributed by atoms with Crippen LogP contribution >= 0.6 is 0 Å². The van der Waals surface area contributed by atoms with Gasteiger partial charge in [-0.25, -0.2) is 0 Å². The first-order valence-electron chi connectivity index (χ1n) is 6.30. The minimum absolute atomic E-state index is 0.0668. The van der Waals surface area contributed by atoms with Crippen molar-refractivity contribution in [2.75, 3.05) is 6.54 Å². The van der Waals surface area contributed by atoms with Crippen molar-refractivity contribution in [3.63, 3.8) is 0 Å². The van der Waals surface area contributed by atoms with E-state index in [2.05, 4.69) is 10.1 Å². The highest BCUT2D eigenvalue weighted by Crippen LogP contribution is 2.07. The first-order valence-corrected chi connectivity index (χ1v) is 6.30. The van der Waals surface area contributed by atoms with Crippen LogP contribution in [-0.4, -0.2) is 33.4 Å². The Kier molecular flexibility index (Phi) is 6.35. The summed E-state index contributed by atoms with van der Waals surface area (Å²) in [6.07, 6.45) is 5.07. The van der Waals surface area contributed by atoms with E-state index >= 15 is 0 Å². The number of aromatic nitrogens is 1. The van der Waals surface area contributed by atoms with E-state index in [9.17, 15) is 4.79 Å². The van der Waals surface area contributed by atoms with Crippen LogP contribution in [0.25, 0.3) is 0 Å². The molecule has 0 fully saturated rings. The van der Waals surface area contributed by atoms with Crippen molar-refractivity contribution in [3.05, 3.63) is 30.1 Å². The second kappa shape index (κ2) is 8.07. The van der Waals surface area contributed by atoms with Crippen LogP contribution in [0.4, 0.5) is 0 Å². The zero-order chi connectivity index (χ0) is 14.1. The third-order valence-corrected chi connectivity index (χ3v) is 2.68. The van der Waals surface area contributed by atoms with Crippen molar-refractivity contribution in [1.82, 2.24) is 9.88 Å². The highest BCUT2D eigenvalue weighted by molar-refractivity contribution is 5.81. The molecule has 0 atom stereocenters. The maximum Gasteiger partial charge on any atom is 0.222 e. The molecule has 0 unspecified atom stereocenters. The average molecular weight is 264 g/mol. The Bertz CT molecular complexity index is 420. The van der Waals surface area contributed by atoms with Crippen LogP contribution in [0.3, 0.4) is 0 Å². The van der Waals surface area contributed by atoms with Gasteiger partial charge in [0.2, 0.25) is 5.91 Å². The lowest BCUT2D eigenvalue weighted by atomic mass is 10.2. The number of hydrogen-bond acceptors (Lipinski definition) is 4. The Labute approximate surface area is 112 Å². The lowest BCUT2D eigenvalue weighted by Gasteiger charge is -2.22. The van der Waals surface area contributed by atoms with Gasteiger partial charge in [0.1, 0.15) is 5.84 Å². The maximum atomic E-state index is 12.0. The lowest BCUT2D eigenvalue weighted by Crippen LogP contribution is -2.33. The molecule has 1 aromatic heterocycles. The van der Waals surface area contributed by atoms with Crippen molar-refractivity contribution in [3.8, 4) is 0 Å². The summed E-state index contributed by atoms with van der Waals surface area (Å²) in [5, 5.41) is 11.4. The largest absolute Gasteiger partial charge is 0.409 e. The molecule has 104 valence electrons. The monoisotopic (exact) mass is 264 g/mol. The number of oxime groups is 1. The highest BCUT2D eigenvalue weighted by Gasteiger charge is 2.13. The molecule has 1 rings (SSSR count). The molecule has 0 aliphatic rings. The number of amidine groups is 1. The van der Waals surface area contributed by atoms with E-state index in [0.29, 0.717) is 25.9 Å². The Morgan fingerprint density at radius 1 is 1.53 bits per heavy atom. The average Bonchev–Trinajstić information content (AvgIpc) is 2.44. The first-order chi connectivity index (χ1) is 9.17. The predicted molar refractivity (Wildman–Crippen MR) is 72.6 cm³/mol. The fourth-order valence-electron chi connectivity index (χ4n) is 1.68. The van der Waals surface area contributed by atoms with Gasteiger partial charge in [-0.05, 0) is 18.1 Å². The van der Waals surface area contributed by atoms with Gasteiger partial charge in [0.15, 0.2) is 0 Å². The SMILES string of the molecule is CCCC(=O)N(CC/C(N)=N/O)Cc1cccnc1. The van der Waals surface area contributed by atoms with Crippen molar-refractivity contribution >= 4 is 11.7 Å². The van der Waals surface area contributed by atoms with Gasteiger partial charge in [0.25, 0.3) is 0 Å². The number of carbonyl (C=O) groups excluding carboxylic acids is 1. The van der Waals surface area contributed by atoms with E-state index in [0.717, 1.165) is 12.0 Å². The number of amides is 1. The fraction of sp³-hybridized carbons (Fsp3) is 0.462. The van der Waals surface area contributed by atoms with Gasteiger partial charge in [0, 0.05) is 38.3 Å². The van der Waals surface area contributed by atoms with E-state index < -0.39 is 0 Å². The van der Waals surface area contributed by atoms with E-state index in [1.165, 1.54) is 0 Å². The number of rotatable bonds is 7. The smallest absolute Gasteiger partial charge is 0.222 e. The van der Waals surface area contributed by atoms with Crippen molar-refractivity contribution in [2.24, 2.45) is 10.9 Å². The molecule has 0 bridgehead atoms. The number of hydrogen-bond donors (Lipinski definition) is 2. The Balaban J connectivity index is 2.66. The van der Waals surface area contributed by atoms with Crippen LogP contribution in [0.15, 0.2) is 29.7 Å². The van der Waals surface area contributed by atoms with Gasteiger partial charge >= 0.3 is 0 Å². The van der Waals surface area contributed by atoms with Crippen LogP contribution in [0.2, 0.25) is 0 Å². The van der Waals surface area contributed by atoms with Gasteiger partial charge in [0.05, 0.1) is 0 Å². The zero-order valence-corrected chi connectivity index (χ0v) is 11.1. The highest BCUT2D eigenvalue weighted by atomic mass is 16.4. The Morgan fingerprint density at radius 2 is 2.32 bits per heavy atom. The summed E-state index contributed by atoms with van der Waals surface area (Å²) in [5.41, 5.74) is 6.40. The maximum absolute atomic E-state index is 12.0. The predicted octanol–water partition coefficient (Wildman–Crippen LogP) is 1.35. The van der Waals surface area contributed by atoms with Crippen molar-refractivity contribution in [2.45, 2.75) is 32.7 Å². The summed E-state index contributed by atoms with van der Waals surface area (Å²) in [4.78, 5) is 17.7. The molecule has 0 aliphatic carbocycles. The third kappa shape index (κ3) is 5.37. The van der Waals surface area contributed by atoms with E-state index in [1.54, 1.807) is 17.3 Å². The van der Waals surface area contributed by atoms with Crippen molar-refractivity contribution < 1.29 is 10.0 Å². The second-order valence-corrected chi connectivity index (χ2v) is 4.27. The molecule has 0 saturated heterocycles. The molecule has 0 saturated carbocycles. The molecule has 6 heteroatoms. The van der Waals surface area contributed by atoms with Gasteiger partial charge in [-0.15, -0.1) is 0 Å². The normalized spacial score (nSPS) is 11.3. The summed E-state index contributed by atoms with van der Waals surface area (Å²) in [5.74, 6) is 0.192. The van der Waals surface area contributed by atoms with Crippen LogP contribution in [0.1, 0.15) is 31.7 Å².